The molecule has 0 amide bonds. The van der Waals surface area contributed by atoms with Crippen molar-refractivity contribution in [3.63, 3.8) is 0 Å². The number of hydrogen-bond acceptors (Lipinski definition) is 6. The lowest BCUT2D eigenvalue weighted by molar-refractivity contribution is -0.134. The molecule has 0 bridgehead atoms. The van der Waals surface area contributed by atoms with Crippen molar-refractivity contribution in [1.82, 2.24) is 15.0 Å². The molecule has 0 aliphatic rings. The van der Waals surface area contributed by atoms with E-state index in [9.17, 15) is 9.59 Å². The van der Waals surface area contributed by atoms with Gasteiger partial charge in [-0.15, -0.1) is 0 Å². The Bertz CT molecular complexity index is 970. The summed E-state index contributed by atoms with van der Waals surface area (Å²) in [5, 5.41) is 0. The fourth-order valence-corrected chi connectivity index (χ4v) is 2.44. The second-order valence-electron chi connectivity index (χ2n) is 5.88. The molecule has 1 aromatic carbocycles. The highest BCUT2D eigenvalue weighted by atomic mass is 16.5. The fourth-order valence-electron chi connectivity index (χ4n) is 2.44. The van der Waals surface area contributed by atoms with Crippen molar-refractivity contribution in [2.75, 3.05) is 6.61 Å². The van der Waals surface area contributed by atoms with E-state index in [-0.39, 0.29) is 17.9 Å². The van der Waals surface area contributed by atoms with Crippen LogP contribution in [-0.2, 0) is 4.79 Å². The molecule has 0 unspecified atom stereocenters. The molecule has 0 radical (unpaired) electrons. The van der Waals surface area contributed by atoms with E-state index >= 15 is 0 Å². The Morgan fingerprint density at radius 1 is 1.15 bits per heavy atom. The Labute approximate surface area is 156 Å². The highest BCUT2D eigenvalue weighted by molar-refractivity contribution is 5.73. The van der Waals surface area contributed by atoms with Crippen molar-refractivity contribution in [2.45, 2.75) is 19.8 Å². The number of esters is 1. The first kappa shape index (κ1) is 18.3. The molecule has 2 aromatic heterocycles. The number of aromatic nitrogens is 3. The SMILES string of the molecule is Cc1cc(=O)[nH]c(-c2cccc(OC(=O)CCCOc3cccnc3)c2)n1. The minimum atomic E-state index is -0.354. The Balaban J connectivity index is 1.54. The van der Waals surface area contributed by atoms with Gasteiger partial charge in [-0.05, 0) is 37.6 Å². The van der Waals surface area contributed by atoms with Crippen LogP contribution in [0.3, 0.4) is 0 Å². The number of carbonyl (C=O) groups excluding carboxylic acids is 1. The van der Waals surface area contributed by atoms with E-state index in [4.69, 9.17) is 9.47 Å². The number of aryl methyl sites for hydroxylation is 1. The first-order valence-electron chi connectivity index (χ1n) is 8.52. The third-order valence-corrected chi connectivity index (χ3v) is 3.64. The number of H-pyrrole nitrogens is 1. The van der Waals surface area contributed by atoms with Crippen LogP contribution in [0, 0.1) is 6.92 Å². The highest BCUT2D eigenvalue weighted by Crippen LogP contribution is 2.21. The van der Waals surface area contributed by atoms with E-state index in [1.54, 1.807) is 55.7 Å². The van der Waals surface area contributed by atoms with Crippen molar-refractivity contribution >= 4 is 5.97 Å². The lowest BCUT2D eigenvalue weighted by Gasteiger charge is -2.08. The summed E-state index contributed by atoms with van der Waals surface area (Å²) in [7, 11) is 0. The smallest absolute Gasteiger partial charge is 0.311 e. The van der Waals surface area contributed by atoms with Crippen LogP contribution < -0.4 is 15.0 Å². The van der Waals surface area contributed by atoms with Crippen molar-refractivity contribution in [3.05, 3.63) is 70.9 Å². The van der Waals surface area contributed by atoms with Gasteiger partial charge >= 0.3 is 5.97 Å². The van der Waals surface area contributed by atoms with Gasteiger partial charge in [-0.1, -0.05) is 12.1 Å². The van der Waals surface area contributed by atoms with Crippen LogP contribution in [0.1, 0.15) is 18.5 Å². The van der Waals surface area contributed by atoms with Gasteiger partial charge < -0.3 is 14.5 Å². The summed E-state index contributed by atoms with van der Waals surface area (Å²) in [5.41, 5.74) is 1.05. The fraction of sp³-hybridized carbons (Fsp3) is 0.200. The molecule has 7 heteroatoms. The molecule has 3 rings (SSSR count). The number of carbonyl (C=O) groups is 1. The molecule has 0 spiro atoms. The van der Waals surface area contributed by atoms with E-state index in [0.29, 0.717) is 41.6 Å². The zero-order valence-electron chi connectivity index (χ0n) is 14.8. The third kappa shape index (κ3) is 5.50. The molecular weight excluding hydrogens is 346 g/mol. The third-order valence-electron chi connectivity index (χ3n) is 3.64. The molecule has 0 fully saturated rings. The Morgan fingerprint density at radius 2 is 2.00 bits per heavy atom. The van der Waals surface area contributed by atoms with Gasteiger partial charge in [-0.3, -0.25) is 14.6 Å². The molecule has 0 aliphatic carbocycles. The van der Waals surface area contributed by atoms with E-state index in [1.807, 2.05) is 0 Å². The van der Waals surface area contributed by atoms with Gasteiger partial charge in [0.1, 0.15) is 17.3 Å². The zero-order valence-corrected chi connectivity index (χ0v) is 14.8. The Morgan fingerprint density at radius 3 is 2.78 bits per heavy atom. The predicted molar refractivity (Wildman–Crippen MR) is 99.6 cm³/mol. The number of benzene rings is 1. The lowest BCUT2D eigenvalue weighted by Crippen LogP contribution is -2.10. The second kappa shape index (κ2) is 8.75. The van der Waals surface area contributed by atoms with Crippen LogP contribution in [0.25, 0.3) is 11.4 Å². The minimum Gasteiger partial charge on any atom is -0.492 e. The lowest BCUT2D eigenvalue weighted by atomic mass is 10.2. The number of ether oxygens (including phenoxy) is 2. The van der Waals surface area contributed by atoms with Gasteiger partial charge in [0.05, 0.1) is 12.8 Å². The molecule has 27 heavy (non-hydrogen) atoms. The summed E-state index contributed by atoms with van der Waals surface area (Å²) in [6, 6.07) is 11.9. The Kier molecular flexibility index (Phi) is 5.94. The van der Waals surface area contributed by atoms with Crippen LogP contribution in [-0.4, -0.2) is 27.5 Å². The van der Waals surface area contributed by atoms with E-state index in [2.05, 4.69) is 15.0 Å². The average molecular weight is 365 g/mol. The van der Waals surface area contributed by atoms with Crippen LogP contribution in [0.5, 0.6) is 11.5 Å². The molecule has 0 saturated heterocycles. The van der Waals surface area contributed by atoms with E-state index < -0.39 is 0 Å². The highest BCUT2D eigenvalue weighted by Gasteiger charge is 2.08. The molecule has 1 N–H and O–H groups in total. The van der Waals surface area contributed by atoms with Crippen LogP contribution >= 0.6 is 0 Å². The van der Waals surface area contributed by atoms with Crippen molar-refractivity contribution < 1.29 is 14.3 Å². The van der Waals surface area contributed by atoms with Gasteiger partial charge in [-0.2, -0.15) is 0 Å². The first-order chi connectivity index (χ1) is 13.1. The van der Waals surface area contributed by atoms with Crippen molar-refractivity contribution in [1.29, 1.82) is 0 Å². The van der Waals surface area contributed by atoms with Gasteiger partial charge in [0, 0.05) is 29.9 Å². The van der Waals surface area contributed by atoms with Gasteiger partial charge in [-0.25, -0.2) is 4.98 Å². The van der Waals surface area contributed by atoms with Crippen molar-refractivity contribution in [2.24, 2.45) is 0 Å². The maximum atomic E-state index is 12.0. The maximum absolute atomic E-state index is 12.0. The monoisotopic (exact) mass is 365 g/mol. The average Bonchev–Trinajstić information content (AvgIpc) is 2.65. The maximum Gasteiger partial charge on any atom is 0.311 e. The number of hydrogen-bond donors (Lipinski definition) is 1. The molecule has 0 atom stereocenters. The molecule has 0 aliphatic heterocycles. The summed E-state index contributed by atoms with van der Waals surface area (Å²) < 4.78 is 10.9. The summed E-state index contributed by atoms with van der Waals surface area (Å²) in [4.78, 5) is 34.5. The minimum absolute atomic E-state index is 0.226. The largest absolute Gasteiger partial charge is 0.492 e. The molecule has 2 heterocycles. The van der Waals surface area contributed by atoms with Crippen LogP contribution in [0.4, 0.5) is 0 Å². The predicted octanol–water partition coefficient (Wildman–Crippen LogP) is 2.90. The van der Waals surface area contributed by atoms with Crippen LogP contribution in [0.2, 0.25) is 0 Å². The molecular formula is C20H19N3O4. The summed E-state index contributed by atoms with van der Waals surface area (Å²) >= 11 is 0. The quantitative estimate of drug-likeness (QED) is 0.393. The molecule has 0 saturated carbocycles. The second-order valence-corrected chi connectivity index (χ2v) is 5.88. The molecule has 138 valence electrons. The number of nitrogens with one attached hydrogen (secondary N) is 1. The standard InChI is InChI=1S/C20H19N3O4/c1-14-11-18(24)23-20(22-14)15-5-2-6-16(12-15)27-19(25)8-4-10-26-17-7-3-9-21-13-17/h2-3,5-7,9,11-13H,4,8,10H2,1H3,(H,22,23,24). The topological polar surface area (TPSA) is 94.2 Å². The first-order valence-corrected chi connectivity index (χ1v) is 8.52. The van der Waals surface area contributed by atoms with E-state index in [0.717, 1.165) is 0 Å². The number of pyridine rings is 1. The molecule has 7 nitrogen and oxygen atoms in total. The summed E-state index contributed by atoms with van der Waals surface area (Å²) in [5.74, 6) is 1.14. The Hall–Kier alpha value is -3.48. The van der Waals surface area contributed by atoms with E-state index in [1.165, 1.54) is 6.07 Å². The van der Waals surface area contributed by atoms with Gasteiger partial charge in [0.15, 0.2) is 0 Å². The summed E-state index contributed by atoms with van der Waals surface area (Å²) in [6.07, 6.45) is 4.04. The number of aromatic amines is 1. The van der Waals surface area contributed by atoms with Crippen LogP contribution in [0.15, 0.2) is 59.7 Å². The molecule has 3 aromatic rings. The summed E-state index contributed by atoms with van der Waals surface area (Å²) in [6.45, 7) is 2.14. The number of nitrogens with zero attached hydrogens (tertiary/aromatic N) is 2. The zero-order chi connectivity index (χ0) is 19.1. The van der Waals surface area contributed by atoms with Gasteiger partial charge in [0.2, 0.25) is 0 Å². The normalized spacial score (nSPS) is 10.4. The van der Waals surface area contributed by atoms with Gasteiger partial charge in [0.25, 0.3) is 5.56 Å². The number of rotatable bonds is 7. The van der Waals surface area contributed by atoms with Crippen molar-refractivity contribution in [3.8, 4) is 22.9 Å².